The summed E-state index contributed by atoms with van der Waals surface area (Å²) in [5, 5.41) is 61.1. The SMILES string of the molecule is CCC(=O)CO[C@@H]1[C@@H](C)C(=NC(C)=O)[C@H](C)C[C@@](C)(O)[C@H](O[C@@H]2O[C@H](C)C[C@H](N(C)C)[C@H]2OC(C)=O)[C@@H](C)C(=O)[C@@H](C)C(=O)O[C@H](CC)[C@@]1(C)O.CCC(CO[C@@H]1[C@@H](C)C(=NC(C)=O)[C@H](C)C[C@@](C)(O)[C@H](O[C@@H]2O[C@H](C)C[C@H](N(C)C)[C@H]2OC(C)=O)[C@@H](C)C(=O)[C@@H](C)C(=O)O[C@H](CC)[C@@]1(C)O)=NOCc1ccc(-c2ccno2)cn1.NOCc1ccc(-c2ccno2)nc1. The predicted octanol–water partition coefficient (Wildman–Crippen LogP) is 9.30. The van der Waals surface area contributed by atoms with Gasteiger partial charge in [-0.1, -0.05) is 90.8 Å². The minimum atomic E-state index is -1.92. The van der Waals surface area contributed by atoms with Gasteiger partial charge >= 0.3 is 23.9 Å². The van der Waals surface area contributed by atoms with Gasteiger partial charge in [-0.05, 0) is 164 Å². The number of ether oxygens (including phenoxy) is 10. The van der Waals surface area contributed by atoms with Crippen LogP contribution >= 0.6 is 0 Å². The number of oxime groups is 1. The summed E-state index contributed by atoms with van der Waals surface area (Å²) in [7, 11) is 7.35. The molecule has 6 N–H and O–H groups in total. The molecule has 0 saturated carbocycles. The van der Waals surface area contributed by atoms with Gasteiger partial charge in [0, 0.05) is 99.3 Å². The van der Waals surface area contributed by atoms with E-state index in [0.29, 0.717) is 48.8 Å². The van der Waals surface area contributed by atoms with Crippen LogP contribution < -0.4 is 5.90 Å². The molecule has 0 bridgehead atoms. The van der Waals surface area contributed by atoms with E-state index in [1.54, 1.807) is 98.4 Å². The molecule has 37 nitrogen and oxygen atoms in total. The lowest BCUT2D eigenvalue weighted by Crippen LogP contribution is -2.60. The molecule has 4 fully saturated rings. The largest absolute Gasteiger partial charge is 0.459 e. The van der Waals surface area contributed by atoms with Crippen molar-refractivity contribution < 1.29 is 130 Å². The van der Waals surface area contributed by atoms with Crippen LogP contribution in [0.25, 0.3) is 22.8 Å². The van der Waals surface area contributed by atoms with Crippen molar-refractivity contribution in [3.8, 4) is 22.8 Å². The molecular weight excluding hydrogens is 1680 g/mol. The molecule has 0 aliphatic carbocycles. The number of aromatic nitrogens is 4. The highest BCUT2D eigenvalue weighted by Crippen LogP contribution is 2.42. The van der Waals surface area contributed by atoms with Gasteiger partial charge in [0.15, 0.2) is 60.3 Å². The second-order valence-electron chi connectivity index (χ2n) is 35.8. The average Bonchev–Trinajstić information content (AvgIpc) is 0.953. The third-order valence-corrected chi connectivity index (χ3v) is 24.2. The van der Waals surface area contributed by atoms with Crippen LogP contribution in [-0.4, -0.2) is 270 Å². The Morgan fingerprint density at radius 3 is 1.34 bits per heavy atom. The van der Waals surface area contributed by atoms with E-state index in [9.17, 15) is 63.6 Å². The minimum absolute atomic E-state index is 0.0468. The van der Waals surface area contributed by atoms with E-state index in [4.69, 9.17) is 67.1 Å². The Kier molecular flexibility index (Phi) is 41.5. The first-order chi connectivity index (χ1) is 60.4. The van der Waals surface area contributed by atoms with Crippen LogP contribution in [0.1, 0.15) is 215 Å². The fourth-order valence-electron chi connectivity index (χ4n) is 17.5. The number of esters is 4. The first-order valence-corrected chi connectivity index (χ1v) is 44.2. The number of aliphatic imine (C=N–C) groups is 2. The van der Waals surface area contributed by atoms with E-state index in [0.717, 1.165) is 16.8 Å². The molecule has 0 aromatic carbocycles. The number of hydrogen-bond donors (Lipinski definition) is 5. The molecule has 0 radical (unpaired) electrons. The Labute approximate surface area is 756 Å². The number of Topliss-reactive ketones (excluding diaryl/α,β-unsaturated/α-hetero) is 3. The maximum atomic E-state index is 14.4. The fraction of sp³-hybridized carbons (Fsp3) is 0.696. The molecule has 8 rings (SSSR count). The first-order valence-electron chi connectivity index (χ1n) is 44.2. The summed E-state index contributed by atoms with van der Waals surface area (Å²) >= 11 is 0. The van der Waals surface area contributed by atoms with Gasteiger partial charge in [0.25, 0.3) is 0 Å². The zero-order valence-electron chi connectivity index (χ0n) is 79.7. The van der Waals surface area contributed by atoms with E-state index in [1.165, 1.54) is 76.2 Å². The highest BCUT2D eigenvalue weighted by molar-refractivity contribution is 6.02. The number of rotatable bonds is 25. The van der Waals surface area contributed by atoms with Gasteiger partial charge in [-0.25, -0.2) is 15.9 Å². The van der Waals surface area contributed by atoms with Gasteiger partial charge in [-0.2, -0.15) is 0 Å². The van der Waals surface area contributed by atoms with Crippen LogP contribution in [0.2, 0.25) is 0 Å². The number of carbonyl (C=O) groups is 9. The third-order valence-electron chi connectivity index (χ3n) is 24.2. The molecular formula is C92H140N10O27. The first kappa shape index (κ1) is 109. The zero-order valence-corrected chi connectivity index (χ0v) is 79.7. The van der Waals surface area contributed by atoms with Gasteiger partial charge in [0.1, 0.15) is 47.5 Å². The molecule has 720 valence electrons. The molecule has 4 aromatic rings. The van der Waals surface area contributed by atoms with Crippen molar-refractivity contribution in [1.29, 1.82) is 0 Å². The number of nitrogens with two attached hydrogens (primary N) is 1. The summed E-state index contributed by atoms with van der Waals surface area (Å²) in [6.07, 6.45) is -4.36. The van der Waals surface area contributed by atoms with Crippen molar-refractivity contribution in [2.45, 2.75) is 325 Å². The summed E-state index contributed by atoms with van der Waals surface area (Å²) < 4.78 is 71.6. The maximum absolute atomic E-state index is 14.4. The molecule has 129 heavy (non-hydrogen) atoms. The van der Waals surface area contributed by atoms with Crippen LogP contribution in [0.5, 0.6) is 0 Å². The van der Waals surface area contributed by atoms with Crippen molar-refractivity contribution in [2.75, 3.05) is 41.4 Å². The average molecular weight is 1820 g/mol. The van der Waals surface area contributed by atoms with E-state index < -0.39 is 178 Å². The number of amides is 2. The van der Waals surface area contributed by atoms with E-state index in [-0.39, 0.29) is 93.4 Å². The van der Waals surface area contributed by atoms with Crippen molar-refractivity contribution in [1.82, 2.24) is 30.1 Å². The normalized spacial score (nSPS) is 33.8. The predicted molar refractivity (Wildman–Crippen MR) is 471 cm³/mol. The van der Waals surface area contributed by atoms with Crippen LogP contribution in [0.15, 0.2) is 85.4 Å². The van der Waals surface area contributed by atoms with E-state index in [2.05, 4.69) is 40.3 Å². The number of aliphatic hydroxyl groups is 4. The molecule has 4 saturated heterocycles. The van der Waals surface area contributed by atoms with Crippen molar-refractivity contribution in [2.24, 2.45) is 68.4 Å². The van der Waals surface area contributed by atoms with Gasteiger partial charge < -0.3 is 91.5 Å². The smallest absolute Gasteiger partial charge is 0.316 e. The van der Waals surface area contributed by atoms with Crippen LogP contribution in [0.4, 0.5) is 0 Å². The summed E-state index contributed by atoms with van der Waals surface area (Å²) in [5.74, 6) is -7.32. The van der Waals surface area contributed by atoms with Gasteiger partial charge in [-0.3, -0.25) is 58.0 Å². The summed E-state index contributed by atoms with van der Waals surface area (Å²) in [6, 6.07) is 10.1. The molecule has 8 heterocycles. The second-order valence-corrected chi connectivity index (χ2v) is 35.8. The standard InChI is InChI=1S/C46H69N5O13.C37H62N2O12.C9H9N3O2/c1-14-33(50-59-24-34-17-16-32(22-47-34)36-18-19-48-64-36)23-58-42-27(5)38(49-30(8)52)25(3)21-45(10,56)41(28(6)39(54)29(7)43(55)62-37(15-2)46(42,11)57)63-44-40(61-31(9)53)35(51(12)13)20-26(4)60-44;1-14-26(42)18-47-33-21(5)29(38-24(8)40)19(3)17-36(10,45)32(22(6)30(43)23(7)34(44)50-28(15-2)37(33,11)46)51-35-31(49-25(9)41)27(39(12)13)16-20(4)48-35;10-13-6-7-1-2-8(11-5-7)9-3-4-12-14-9/h16-19,22,25-29,35,37,40-42,44,56-57H,14-15,20-21,23-24H2,1-13H3;19-23,27-28,31-33,35,45-46H,14-18H2,1-13H3;1-5H,6,10H2/t25-,26-,27+,28+,29-,35+,37-,40-,41-,42-,44+,45-,46-;19-,20-,21+,22+,23-,27+,28-,31-,32-,33-,35+,36-,37-;/m11./s1. The number of pyridine rings is 2. The number of nitrogens with zero attached hydrogens (tertiary/aromatic N) is 9. The van der Waals surface area contributed by atoms with Gasteiger partial charge in [0.05, 0.1) is 96.9 Å². The molecule has 4 aliphatic heterocycles. The van der Waals surface area contributed by atoms with Gasteiger partial charge in [-0.15, -0.1) is 0 Å². The Bertz CT molecular complexity index is 4380. The van der Waals surface area contributed by atoms with E-state index in [1.807, 2.05) is 77.0 Å². The van der Waals surface area contributed by atoms with Crippen LogP contribution in [0.3, 0.4) is 0 Å². The third kappa shape index (κ3) is 29.9. The Balaban J connectivity index is 0.000000350. The van der Waals surface area contributed by atoms with E-state index >= 15 is 0 Å². The van der Waals surface area contributed by atoms with Crippen molar-refractivity contribution >= 4 is 70.2 Å². The number of cyclic esters (lactones) is 2. The number of likely N-dealkylation sites (N-methyl/N-ethyl adjacent to an activating group) is 2. The topological polar surface area (TPSA) is 493 Å². The number of hydrogen-bond acceptors (Lipinski definition) is 35. The molecule has 4 aliphatic rings. The van der Waals surface area contributed by atoms with Crippen molar-refractivity contribution in [3.05, 3.63) is 72.4 Å². The zero-order chi connectivity index (χ0) is 96.7. The molecule has 4 aromatic heterocycles. The fourth-order valence-corrected chi connectivity index (χ4v) is 17.5. The Morgan fingerprint density at radius 2 is 0.984 bits per heavy atom. The Morgan fingerprint density at radius 1 is 0.543 bits per heavy atom. The molecule has 26 atom stereocenters. The second kappa shape index (κ2) is 49.1. The molecule has 2 amide bonds. The highest BCUT2D eigenvalue weighted by atomic mass is 16.7. The quantitative estimate of drug-likeness (QED) is 0.0135. The highest BCUT2D eigenvalue weighted by Gasteiger charge is 2.56. The monoisotopic (exact) mass is 1820 g/mol. The summed E-state index contributed by atoms with van der Waals surface area (Å²) in [4.78, 5) is 150. The Hall–Kier alpha value is -8.80. The maximum Gasteiger partial charge on any atom is 0.316 e. The lowest BCUT2D eigenvalue weighted by atomic mass is 9.74. The summed E-state index contributed by atoms with van der Waals surface area (Å²) in [5.41, 5.74) is -3.53. The molecule has 0 spiro atoms. The molecule has 37 heteroatoms. The number of ketones is 3. The van der Waals surface area contributed by atoms with Crippen LogP contribution in [0, 0.1) is 47.3 Å². The van der Waals surface area contributed by atoms with Gasteiger partial charge in [0.2, 0.25) is 11.8 Å². The lowest BCUT2D eigenvalue weighted by molar-refractivity contribution is -0.295. The number of carbonyl (C=O) groups excluding carboxylic acids is 9. The van der Waals surface area contributed by atoms with Crippen LogP contribution in [-0.2, 0) is 113 Å². The lowest BCUT2D eigenvalue weighted by Gasteiger charge is -2.47. The van der Waals surface area contributed by atoms with Crippen molar-refractivity contribution in [3.63, 3.8) is 0 Å². The molecule has 0 unspecified atom stereocenters. The summed E-state index contributed by atoms with van der Waals surface area (Å²) in [6.45, 7) is 34.4. The minimum Gasteiger partial charge on any atom is -0.459 e.